The third kappa shape index (κ3) is 3.22. The van der Waals surface area contributed by atoms with E-state index in [-0.39, 0.29) is 0 Å². The lowest BCUT2D eigenvalue weighted by Gasteiger charge is -2.17. The van der Waals surface area contributed by atoms with Gasteiger partial charge in [-0.1, -0.05) is 23.8 Å². The Kier molecular flexibility index (Phi) is 4.60. The van der Waals surface area contributed by atoms with Crippen LogP contribution in [0, 0.1) is 13.8 Å². The summed E-state index contributed by atoms with van der Waals surface area (Å²) in [7, 11) is 0. The van der Waals surface area contributed by atoms with Gasteiger partial charge in [-0.25, -0.2) is 0 Å². The van der Waals surface area contributed by atoms with Gasteiger partial charge in [0, 0.05) is 21.9 Å². The van der Waals surface area contributed by atoms with E-state index in [2.05, 4.69) is 71.7 Å². The summed E-state index contributed by atoms with van der Waals surface area (Å²) in [6, 6.07) is 9.13. The first-order valence-corrected chi connectivity index (χ1v) is 7.77. The van der Waals surface area contributed by atoms with E-state index in [0.29, 0.717) is 6.04 Å². The molecular weight excluding hydrogens is 306 g/mol. The maximum atomic E-state index is 3.58. The molecule has 18 heavy (non-hydrogen) atoms. The second-order valence-electron chi connectivity index (χ2n) is 4.65. The lowest BCUT2D eigenvalue weighted by Crippen LogP contribution is -2.18. The second-order valence-corrected chi connectivity index (χ2v) is 6.51. The van der Waals surface area contributed by atoms with Crippen molar-refractivity contribution in [1.82, 2.24) is 5.32 Å². The van der Waals surface area contributed by atoms with E-state index in [0.717, 1.165) is 6.54 Å². The Morgan fingerprint density at radius 3 is 2.67 bits per heavy atom. The molecule has 0 saturated heterocycles. The first-order valence-electron chi connectivity index (χ1n) is 6.10. The predicted molar refractivity (Wildman–Crippen MR) is 83.2 cm³/mol. The van der Waals surface area contributed by atoms with Crippen molar-refractivity contribution in [2.24, 2.45) is 0 Å². The minimum atomic E-state index is 0.375. The molecule has 0 spiro atoms. The molecule has 1 aromatic heterocycles. The molecule has 1 unspecified atom stereocenters. The highest BCUT2D eigenvalue weighted by atomic mass is 79.9. The number of nitrogens with one attached hydrogen (secondary N) is 1. The van der Waals surface area contributed by atoms with Crippen molar-refractivity contribution in [2.45, 2.75) is 33.4 Å². The van der Waals surface area contributed by atoms with Gasteiger partial charge in [-0.2, -0.15) is 0 Å². The number of hydrogen-bond donors (Lipinski definition) is 1. The van der Waals surface area contributed by atoms with E-state index < -0.39 is 0 Å². The summed E-state index contributed by atoms with van der Waals surface area (Å²) in [5.74, 6) is 0. The first kappa shape index (κ1) is 13.8. The van der Waals surface area contributed by atoms with Crippen LogP contribution in [0.4, 0.5) is 0 Å². The minimum absolute atomic E-state index is 0.375. The fourth-order valence-electron chi connectivity index (χ4n) is 2.12. The maximum absolute atomic E-state index is 3.58. The molecule has 1 heterocycles. The van der Waals surface area contributed by atoms with Crippen molar-refractivity contribution in [3.63, 3.8) is 0 Å². The van der Waals surface area contributed by atoms with E-state index >= 15 is 0 Å². The Hall–Kier alpha value is -0.640. The van der Waals surface area contributed by atoms with Crippen LogP contribution in [0.5, 0.6) is 0 Å². The summed E-state index contributed by atoms with van der Waals surface area (Å²) in [5, 5.41) is 5.70. The molecule has 3 heteroatoms. The molecule has 0 bridgehead atoms. The molecule has 0 saturated carbocycles. The summed E-state index contributed by atoms with van der Waals surface area (Å²) < 4.78 is 1.20. The molecule has 96 valence electrons. The van der Waals surface area contributed by atoms with E-state index in [1.165, 1.54) is 26.0 Å². The van der Waals surface area contributed by atoms with Crippen LogP contribution in [0.25, 0.3) is 0 Å². The van der Waals surface area contributed by atoms with Crippen LogP contribution in [0.2, 0.25) is 0 Å². The quantitative estimate of drug-likeness (QED) is 0.836. The van der Waals surface area contributed by atoms with Gasteiger partial charge in [-0.3, -0.25) is 0 Å². The minimum Gasteiger partial charge on any atom is -0.305 e. The van der Waals surface area contributed by atoms with Gasteiger partial charge in [0.25, 0.3) is 0 Å². The third-order valence-corrected chi connectivity index (χ3v) is 5.08. The van der Waals surface area contributed by atoms with E-state index in [9.17, 15) is 0 Å². The molecule has 0 aliphatic carbocycles. The molecule has 2 rings (SSSR count). The molecule has 0 fully saturated rings. The summed E-state index contributed by atoms with van der Waals surface area (Å²) in [6.45, 7) is 7.45. The summed E-state index contributed by atoms with van der Waals surface area (Å²) in [4.78, 5) is 1.35. The first-order chi connectivity index (χ1) is 8.58. The third-order valence-electron chi connectivity index (χ3n) is 3.15. The molecule has 0 radical (unpaired) electrons. The van der Waals surface area contributed by atoms with Crippen LogP contribution in [-0.4, -0.2) is 0 Å². The molecular formula is C15H18BrNS. The Morgan fingerprint density at radius 2 is 2.06 bits per heavy atom. The summed E-state index contributed by atoms with van der Waals surface area (Å²) in [5.41, 5.74) is 4.07. The average Bonchev–Trinajstić information content (AvgIpc) is 2.72. The van der Waals surface area contributed by atoms with Crippen LogP contribution in [0.15, 0.2) is 34.1 Å². The summed E-state index contributed by atoms with van der Waals surface area (Å²) >= 11 is 5.35. The van der Waals surface area contributed by atoms with Gasteiger partial charge < -0.3 is 5.32 Å². The SMILES string of the molecule is Cc1ccc(C(C)NCc2sccc2Br)c(C)c1. The van der Waals surface area contributed by atoms with Crippen LogP contribution in [-0.2, 0) is 6.54 Å². The number of halogens is 1. The molecule has 0 aliphatic rings. The van der Waals surface area contributed by atoms with Gasteiger partial charge in [-0.15, -0.1) is 11.3 Å². The van der Waals surface area contributed by atoms with Gasteiger partial charge in [0.05, 0.1) is 0 Å². The van der Waals surface area contributed by atoms with Crippen molar-refractivity contribution >= 4 is 27.3 Å². The number of rotatable bonds is 4. The number of aryl methyl sites for hydroxylation is 2. The Bertz CT molecular complexity index is 533. The number of hydrogen-bond acceptors (Lipinski definition) is 2. The average molecular weight is 324 g/mol. The van der Waals surface area contributed by atoms with Crippen molar-refractivity contribution in [2.75, 3.05) is 0 Å². The standard InChI is InChI=1S/C15H18BrNS/c1-10-4-5-13(11(2)8-10)12(3)17-9-15-14(16)6-7-18-15/h4-8,12,17H,9H2,1-3H3. The van der Waals surface area contributed by atoms with Gasteiger partial charge in [0.2, 0.25) is 0 Å². The van der Waals surface area contributed by atoms with E-state index in [1.54, 1.807) is 11.3 Å². The highest BCUT2D eigenvalue weighted by Gasteiger charge is 2.09. The van der Waals surface area contributed by atoms with Crippen LogP contribution < -0.4 is 5.32 Å². The normalized spacial score (nSPS) is 12.7. The topological polar surface area (TPSA) is 12.0 Å². The zero-order valence-electron chi connectivity index (χ0n) is 11.0. The molecule has 0 amide bonds. The lowest BCUT2D eigenvalue weighted by molar-refractivity contribution is 0.575. The monoisotopic (exact) mass is 323 g/mol. The Balaban J connectivity index is 2.03. The van der Waals surface area contributed by atoms with Crippen LogP contribution in [0.1, 0.15) is 34.5 Å². The lowest BCUT2D eigenvalue weighted by atomic mass is 10.0. The highest BCUT2D eigenvalue weighted by Crippen LogP contribution is 2.24. The van der Waals surface area contributed by atoms with Crippen molar-refractivity contribution in [3.05, 3.63) is 55.7 Å². The predicted octanol–water partition coefficient (Wildman–Crippen LogP) is 4.98. The van der Waals surface area contributed by atoms with Gasteiger partial charge in [0.1, 0.15) is 0 Å². The molecule has 1 atom stereocenters. The zero-order valence-corrected chi connectivity index (χ0v) is 13.4. The largest absolute Gasteiger partial charge is 0.305 e. The highest BCUT2D eigenvalue weighted by molar-refractivity contribution is 9.10. The van der Waals surface area contributed by atoms with E-state index in [1.807, 2.05) is 0 Å². The molecule has 2 aromatic rings. The zero-order chi connectivity index (χ0) is 13.1. The molecule has 1 nitrogen and oxygen atoms in total. The molecule has 0 aliphatic heterocycles. The van der Waals surface area contributed by atoms with Crippen molar-refractivity contribution in [1.29, 1.82) is 0 Å². The number of thiophene rings is 1. The fraction of sp³-hybridized carbons (Fsp3) is 0.333. The van der Waals surface area contributed by atoms with Gasteiger partial charge in [0.15, 0.2) is 0 Å². The van der Waals surface area contributed by atoms with Gasteiger partial charge in [-0.05, 0) is 59.3 Å². The van der Waals surface area contributed by atoms with Crippen molar-refractivity contribution < 1.29 is 0 Å². The number of benzene rings is 1. The van der Waals surface area contributed by atoms with Crippen LogP contribution in [0.3, 0.4) is 0 Å². The molecule has 1 N–H and O–H groups in total. The Labute approximate surface area is 121 Å². The van der Waals surface area contributed by atoms with Crippen molar-refractivity contribution in [3.8, 4) is 0 Å². The smallest absolute Gasteiger partial charge is 0.0327 e. The van der Waals surface area contributed by atoms with Gasteiger partial charge >= 0.3 is 0 Å². The second kappa shape index (κ2) is 6.00. The van der Waals surface area contributed by atoms with E-state index in [4.69, 9.17) is 0 Å². The fourth-order valence-corrected chi connectivity index (χ4v) is 3.56. The Morgan fingerprint density at radius 1 is 1.28 bits per heavy atom. The maximum Gasteiger partial charge on any atom is 0.0327 e. The van der Waals surface area contributed by atoms with Crippen LogP contribution >= 0.6 is 27.3 Å². The molecule has 1 aromatic carbocycles. The summed E-state index contributed by atoms with van der Waals surface area (Å²) in [6.07, 6.45) is 0.